The normalized spacial score (nSPS) is 21.4. The molecule has 1 aromatic carbocycles. The summed E-state index contributed by atoms with van der Waals surface area (Å²) in [4.78, 5) is 27.1. The van der Waals surface area contributed by atoms with Crippen molar-refractivity contribution >= 4 is 11.7 Å². The number of benzene rings is 1. The molecule has 7 nitrogen and oxygen atoms in total. The molecule has 2 aliphatic heterocycles. The lowest BCUT2D eigenvalue weighted by Gasteiger charge is -2.35. The largest absolute Gasteiger partial charge is 0.376 e. The number of carbonyl (C=O) groups is 1. The lowest BCUT2D eigenvalue weighted by atomic mass is 9.95. The second-order valence-electron chi connectivity index (χ2n) is 9.06. The second-order valence-corrected chi connectivity index (χ2v) is 9.06. The summed E-state index contributed by atoms with van der Waals surface area (Å²) < 4.78 is 11.2. The number of likely N-dealkylation sites (N-methyl/N-ethyl adjacent to an activating group) is 1. The highest BCUT2D eigenvalue weighted by molar-refractivity contribution is 5.79. The molecule has 1 aromatic heterocycles. The van der Waals surface area contributed by atoms with E-state index in [1.54, 1.807) is 0 Å². The second kappa shape index (κ2) is 9.55. The zero-order chi connectivity index (χ0) is 21.9. The van der Waals surface area contributed by atoms with Crippen molar-refractivity contribution in [1.82, 2.24) is 14.9 Å². The van der Waals surface area contributed by atoms with Crippen LogP contribution in [0.2, 0.25) is 0 Å². The van der Waals surface area contributed by atoms with Gasteiger partial charge in [0.25, 0.3) is 0 Å². The Morgan fingerprint density at radius 1 is 1.12 bits per heavy atom. The van der Waals surface area contributed by atoms with Crippen LogP contribution in [-0.2, 0) is 27.1 Å². The quantitative estimate of drug-likeness (QED) is 0.718. The van der Waals surface area contributed by atoms with Crippen molar-refractivity contribution in [2.45, 2.75) is 38.2 Å². The molecule has 1 amide bonds. The van der Waals surface area contributed by atoms with E-state index < -0.39 is 0 Å². The lowest BCUT2D eigenvalue weighted by molar-refractivity contribution is -0.140. The third kappa shape index (κ3) is 4.50. The summed E-state index contributed by atoms with van der Waals surface area (Å²) in [5, 5.41) is 0. The summed E-state index contributed by atoms with van der Waals surface area (Å²) in [7, 11) is 1.89. The molecule has 2 saturated heterocycles. The van der Waals surface area contributed by atoms with Gasteiger partial charge in [-0.25, -0.2) is 9.97 Å². The highest BCUT2D eigenvalue weighted by Crippen LogP contribution is 2.33. The smallest absolute Gasteiger partial charge is 0.225 e. The molecule has 0 radical (unpaired) electrons. The summed E-state index contributed by atoms with van der Waals surface area (Å²) in [5.74, 6) is 2.17. The Kier molecular flexibility index (Phi) is 6.37. The molecule has 0 saturated carbocycles. The minimum atomic E-state index is -0.0159. The van der Waals surface area contributed by atoms with E-state index in [0.29, 0.717) is 26.4 Å². The number of carbonyl (C=O) groups excluding carboxylic acids is 1. The van der Waals surface area contributed by atoms with Gasteiger partial charge in [-0.1, -0.05) is 30.3 Å². The number of nitrogens with zero attached hydrogens (tertiary/aromatic N) is 4. The van der Waals surface area contributed by atoms with Crippen LogP contribution in [0, 0.1) is 5.92 Å². The van der Waals surface area contributed by atoms with Gasteiger partial charge >= 0.3 is 0 Å². The van der Waals surface area contributed by atoms with E-state index >= 15 is 0 Å². The fraction of sp³-hybridized carbons (Fsp3) is 0.560. The minimum Gasteiger partial charge on any atom is -0.376 e. The number of hydrogen-bond donors (Lipinski definition) is 0. The van der Waals surface area contributed by atoms with Crippen LogP contribution in [0.1, 0.15) is 30.5 Å². The first-order valence-electron chi connectivity index (χ1n) is 11.8. The van der Waals surface area contributed by atoms with Crippen LogP contribution in [0.3, 0.4) is 0 Å². The maximum atomic E-state index is 13.0. The predicted molar refractivity (Wildman–Crippen MR) is 123 cm³/mol. The molecule has 7 heteroatoms. The van der Waals surface area contributed by atoms with Gasteiger partial charge in [-0.05, 0) is 32.1 Å². The monoisotopic (exact) mass is 436 g/mol. The van der Waals surface area contributed by atoms with Crippen LogP contribution in [-0.4, -0.2) is 73.4 Å². The van der Waals surface area contributed by atoms with Crippen molar-refractivity contribution in [2.75, 3.05) is 51.4 Å². The maximum absolute atomic E-state index is 13.0. The topological polar surface area (TPSA) is 67.8 Å². The Bertz CT molecular complexity index is 938. The fourth-order valence-corrected chi connectivity index (χ4v) is 5.08. The molecule has 2 aromatic rings. The maximum Gasteiger partial charge on any atom is 0.225 e. The van der Waals surface area contributed by atoms with Gasteiger partial charge in [0.2, 0.25) is 5.91 Å². The molecular weight excluding hydrogens is 404 g/mol. The van der Waals surface area contributed by atoms with Crippen LogP contribution >= 0.6 is 0 Å². The number of fused-ring (bicyclic) bond motifs is 1. The SMILES string of the molecule is CN(CC1COCCO1)C(=O)C1CCN(c2nc(-c3ccccc3)nc3c2CCC3)CC1. The molecule has 1 atom stereocenters. The summed E-state index contributed by atoms with van der Waals surface area (Å²) in [5.41, 5.74) is 3.56. The number of rotatable bonds is 5. The van der Waals surface area contributed by atoms with Gasteiger partial charge < -0.3 is 19.3 Å². The van der Waals surface area contributed by atoms with Crippen LogP contribution in [0.25, 0.3) is 11.4 Å². The number of ether oxygens (including phenoxy) is 2. The number of amides is 1. The lowest BCUT2D eigenvalue weighted by Crippen LogP contribution is -2.45. The molecular formula is C25H32N4O3. The van der Waals surface area contributed by atoms with Crippen LogP contribution in [0.5, 0.6) is 0 Å². The highest BCUT2D eigenvalue weighted by Gasteiger charge is 2.31. The third-order valence-electron chi connectivity index (χ3n) is 6.83. The zero-order valence-corrected chi connectivity index (χ0v) is 18.8. The van der Waals surface area contributed by atoms with Gasteiger partial charge in [-0.3, -0.25) is 4.79 Å². The molecule has 2 fully saturated rings. The van der Waals surface area contributed by atoms with E-state index in [1.807, 2.05) is 30.1 Å². The van der Waals surface area contributed by atoms with Crippen molar-refractivity contribution in [3.63, 3.8) is 0 Å². The van der Waals surface area contributed by atoms with Crippen molar-refractivity contribution in [3.8, 4) is 11.4 Å². The fourth-order valence-electron chi connectivity index (χ4n) is 5.08. The van der Waals surface area contributed by atoms with Crippen molar-refractivity contribution in [2.24, 2.45) is 5.92 Å². The summed E-state index contributed by atoms with van der Waals surface area (Å²) >= 11 is 0. The van der Waals surface area contributed by atoms with Crippen molar-refractivity contribution in [3.05, 3.63) is 41.6 Å². The van der Waals surface area contributed by atoms with E-state index in [2.05, 4.69) is 17.0 Å². The predicted octanol–water partition coefficient (Wildman–Crippen LogP) is 2.72. The summed E-state index contributed by atoms with van der Waals surface area (Å²) in [6.07, 6.45) is 4.90. The van der Waals surface area contributed by atoms with E-state index in [9.17, 15) is 4.79 Å². The molecule has 0 spiro atoms. The average Bonchev–Trinajstić information content (AvgIpc) is 3.33. The molecule has 5 rings (SSSR count). The Morgan fingerprint density at radius 3 is 2.69 bits per heavy atom. The minimum absolute atomic E-state index is 0.0159. The third-order valence-corrected chi connectivity index (χ3v) is 6.83. The van der Waals surface area contributed by atoms with Crippen molar-refractivity contribution in [1.29, 1.82) is 0 Å². The summed E-state index contributed by atoms with van der Waals surface area (Å²) in [6.45, 7) is 4.12. The average molecular weight is 437 g/mol. The highest BCUT2D eigenvalue weighted by atomic mass is 16.6. The first kappa shape index (κ1) is 21.3. The zero-order valence-electron chi connectivity index (χ0n) is 18.8. The van der Waals surface area contributed by atoms with E-state index in [4.69, 9.17) is 19.4 Å². The number of aryl methyl sites for hydroxylation is 1. The Morgan fingerprint density at radius 2 is 1.94 bits per heavy atom. The molecule has 0 bridgehead atoms. The Hall–Kier alpha value is -2.51. The Balaban J connectivity index is 1.26. The molecule has 0 N–H and O–H groups in total. The molecule has 170 valence electrons. The van der Waals surface area contributed by atoms with Gasteiger partial charge in [0.15, 0.2) is 5.82 Å². The van der Waals surface area contributed by atoms with Gasteiger partial charge in [-0.15, -0.1) is 0 Å². The van der Waals surface area contributed by atoms with Gasteiger partial charge in [0.1, 0.15) is 5.82 Å². The van der Waals surface area contributed by atoms with Crippen LogP contribution < -0.4 is 4.90 Å². The van der Waals surface area contributed by atoms with Crippen LogP contribution in [0.4, 0.5) is 5.82 Å². The van der Waals surface area contributed by atoms with Crippen LogP contribution in [0.15, 0.2) is 30.3 Å². The molecule has 3 aliphatic rings. The van der Waals surface area contributed by atoms with E-state index in [0.717, 1.165) is 62.4 Å². The number of aromatic nitrogens is 2. The Labute approximate surface area is 189 Å². The van der Waals surface area contributed by atoms with Gasteiger partial charge in [0, 0.05) is 49.4 Å². The molecule has 1 unspecified atom stereocenters. The van der Waals surface area contributed by atoms with E-state index in [1.165, 1.54) is 11.3 Å². The van der Waals surface area contributed by atoms with Gasteiger partial charge in [-0.2, -0.15) is 0 Å². The van der Waals surface area contributed by atoms with Gasteiger partial charge in [0.05, 0.1) is 25.9 Å². The standard InChI is InChI=1S/C25H32N4O3/c1-28(16-20-17-31-14-15-32-20)25(30)19-10-12-29(13-11-19)24-21-8-5-9-22(21)26-23(27-24)18-6-3-2-4-7-18/h2-4,6-7,19-20H,5,8-17H2,1H3. The number of anilines is 1. The molecule has 3 heterocycles. The number of piperidine rings is 1. The van der Waals surface area contributed by atoms with E-state index in [-0.39, 0.29) is 17.9 Å². The molecule has 32 heavy (non-hydrogen) atoms. The molecule has 1 aliphatic carbocycles. The number of hydrogen-bond acceptors (Lipinski definition) is 6. The van der Waals surface area contributed by atoms with Crippen molar-refractivity contribution < 1.29 is 14.3 Å². The first-order chi connectivity index (χ1) is 15.7. The summed E-state index contributed by atoms with van der Waals surface area (Å²) in [6, 6.07) is 10.2. The first-order valence-corrected chi connectivity index (χ1v) is 11.8.